The highest BCUT2D eigenvalue weighted by Crippen LogP contribution is 2.17. The summed E-state index contributed by atoms with van der Waals surface area (Å²) in [7, 11) is 0. The molecule has 1 heterocycles. The molecule has 1 aromatic rings. The van der Waals surface area contributed by atoms with Gasteiger partial charge in [-0.3, -0.25) is 0 Å². The molecule has 0 unspecified atom stereocenters. The monoisotopic (exact) mass is 204 g/mol. The van der Waals surface area contributed by atoms with Crippen molar-refractivity contribution in [3.8, 4) is 5.88 Å². The number of aromatic carboxylic acids is 1. The van der Waals surface area contributed by atoms with E-state index in [1.807, 2.05) is 0 Å². The zero-order valence-electron chi connectivity index (χ0n) is 6.78. The van der Waals surface area contributed by atoms with Crippen molar-refractivity contribution in [2.24, 2.45) is 0 Å². The van der Waals surface area contributed by atoms with E-state index in [4.69, 9.17) is 10.8 Å². The molecule has 0 bridgehead atoms. The molecule has 0 amide bonds. The van der Waals surface area contributed by atoms with E-state index in [1.165, 1.54) is 0 Å². The molecule has 0 spiro atoms. The van der Waals surface area contributed by atoms with Gasteiger partial charge < -0.3 is 15.6 Å². The van der Waals surface area contributed by atoms with Gasteiger partial charge in [-0.2, -0.15) is 8.78 Å². The molecule has 7 heteroatoms. The van der Waals surface area contributed by atoms with E-state index in [9.17, 15) is 13.6 Å². The number of hydrogen-bond acceptors (Lipinski definition) is 4. The zero-order valence-corrected chi connectivity index (χ0v) is 6.78. The molecule has 0 aliphatic heterocycles. The number of carbonyl (C=O) groups is 1. The second kappa shape index (κ2) is 3.86. The number of alkyl halides is 2. The lowest BCUT2D eigenvalue weighted by Gasteiger charge is -2.05. The number of anilines is 1. The van der Waals surface area contributed by atoms with Gasteiger partial charge in [0.1, 0.15) is 5.56 Å². The van der Waals surface area contributed by atoms with Crippen molar-refractivity contribution in [1.29, 1.82) is 0 Å². The van der Waals surface area contributed by atoms with Crippen LogP contribution in [0.25, 0.3) is 0 Å². The fraction of sp³-hybridized carbons (Fsp3) is 0.143. The Hall–Kier alpha value is -1.92. The normalized spacial score (nSPS) is 10.2. The molecule has 76 valence electrons. The molecule has 3 N–H and O–H groups in total. The zero-order chi connectivity index (χ0) is 10.7. The Morgan fingerprint density at radius 2 is 2.29 bits per heavy atom. The summed E-state index contributed by atoms with van der Waals surface area (Å²) in [6, 6.07) is 0.926. The maximum absolute atomic E-state index is 11.7. The lowest BCUT2D eigenvalue weighted by Crippen LogP contribution is -2.07. The fourth-order valence-corrected chi connectivity index (χ4v) is 0.785. The third-order valence-corrected chi connectivity index (χ3v) is 1.35. The first kappa shape index (κ1) is 10.2. The molecule has 0 fully saturated rings. The summed E-state index contributed by atoms with van der Waals surface area (Å²) in [5.74, 6) is -1.69. The van der Waals surface area contributed by atoms with E-state index in [1.54, 1.807) is 0 Å². The minimum absolute atomic E-state index is 0.178. The Labute approximate surface area is 77.1 Å². The molecule has 5 nitrogen and oxygen atoms in total. The van der Waals surface area contributed by atoms with Crippen LogP contribution in [0.2, 0.25) is 0 Å². The first-order valence-corrected chi connectivity index (χ1v) is 3.44. The van der Waals surface area contributed by atoms with Gasteiger partial charge in [0.25, 0.3) is 0 Å². The van der Waals surface area contributed by atoms with Gasteiger partial charge in [-0.1, -0.05) is 0 Å². The Kier molecular flexibility index (Phi) is 2.80. The Bertz CT molecular complexity index is 357. The van der Waals surface area contributed by atoms with Crippen LogP contribution in [0, 0.1) is 0 Å². The third-order valence-electron chi connectivity index (χ3n) is 1.35. The highest BCUT2D eigenvalue weighted by Gasteiger charge is 2.11. The summed E-state index contributed by atoms with van der Waals surface area (Å²) in [4.78, 5) is 13.8. The first-order valence-electron chi connectivity index (χ1n) is 3.44. The van der Waals surface area contributed by atoms with Gasteiger partial charge >= 0.3 is 12.6 Å². The van der Waals surface area contributed by atoms with Gasteiger partial charge in [-0.05, 0) is 0 Å². The second-order valence-corrected chi connectivity index (χ2v) is 2.29. The molecule has 14 heavy (non-hydrogen) atoms. The lowest BCUT2D eigenvalue weighted by atomic mass is 10.2. The first-order chi connectivity index (χ1) is 6.50. The minimum atomic E-state index is -3.02. The molecule has 0 atom stereocenters. The van der Waals surface area contributed by atoms with Gasteiger partial charge in [0, 0.05) is 12.3 Å². The van der Waals surface area contributed by atoms with Gasteiger partial charge in [-0.15, -0.1) is 0 Å². The predicted molar refractivity (Wildman–Crippen MR) is 42.2 cm³/mol. The van der Waals surface area contributed by atoms with Crippen molar-refractivity contribution in [2.75, 3.05) is 5.73 Å². The fourth-order valence-electron chi connectivity index (χ4n) is 0.785. The number of pyridine rings is 1. The van der Waals surface area contributed by atoms with E-state index in [0.29, 0.717) is 0 Å². The Balaban J connectivity index is 2.94. The number of ether oxygens (including phenoxy) is 1. The molecule has 0 aromatic carbocycles. The number of carboxylic acid groups (broad SMARTS) is 1. The van der Waals surface area contributed by atoms with Gasteiger partial charge in [-0.25, -0.2) is 9.78 Å². The maximum Gasteiger partial charge on any atom is 0.388 e. The number of nitrogens with two attached hydrogens (primary N) is 1. The number of carboxylic acids is 1. The molecule has 0 saturated carbocycles. The molecular formula is C7H6F2N2O3. The standard InChI is InChI=1S/C7H6F2N2O3/c8-7(9)14-5-1-4(10)3(2-11-5)6(12)13/h1-2,7H,(H2,10,11)(H,12,13). The summed E-state index contributed by atoms with van der Waals surface area (Å²) >= 11 is 0. The van der Waals surface area contributed by atoms with E-state index in [0.717, 1.165) is 12.3 Å². The highest BCUT2D eigenvalue weighted by atomic mass is 19.3. The van der Waals surface area contributed by atoms with Gasteiger partial charge in [0.15, 0.2) is 0 Å². The van der Waals surface area contributed by atoms with Crippen LogP contribution in [0.15, 0.2) is 12.3 Å². The largest absolute Gasteiger partial charge is 0.478 e. The number of aromatic nitrogens is 1. The van der Waals surface area contributed by atoms with Crippen LogP contribution in [-0.4, -0.2) is 22.7 Å². The topological polar surface area (TPSA) is 85.4 Å². The lowest BCUT2D eigenvalue weighted by molar-refractivity contribution is -0.0527. The number of rotatable bonds is 3. The molecule has 0 saturated heterocycles. The van der Waals surface area contributed by atoms with E-state index in [-0.39, 0.29) is 11.3 Å². The highest BCUT2D eigenvalue weighted by molar-refractivity contribution is 5.93. The third kappa shape index (κ3) is 2.28. The maximum atomic E-state index is 11.7. The summed E-state index contributed by atoms with van der Waals surface area (Å²) in [6.45, 7) is -3.02. The van der Waals surface area contributed by atoms with Crippen molar-refractivity contribution in [3.63, 3.8) is 0 Å². The summed E-state index contributed by atoms with van der Waals surface area (Å²) in [5, 5.41) is 8.53. The van der Waals surface area contributed by atoms with Gasteiger partial charge in [0.2, 0.25) is 5.88 Å². The molecule has 0 radical (unpaired) electrons. The van der Waals surface area contributed by atoms with Crippen LogP contribution in [0.3, 0.4) is 0 Å². The SMILES string of the molecule is Nc1cc(OC(F)F)ncc1C(=O)O. The van der Waals surface area contributed by atoms with Crippen molar-refractivity contribution in [3.05, 3.63) is 17.8 Å². The van der Waals surface area contributed by atoms with Crippen molar-refractivity contribution in [1.82, 2.24) is 4.98 Å². The minimum Gasteiger partial charge on any atom is -0.478 e. The average Bonchev–Trinajstić information content (AvgIpc) is 2.01. The summed E-state index contributed by atoms with van der Waals surface area (Å²) in [6.07, 6.45) is 0.857. The number of hydrogen-bond donors (Lipinski definition) is 2. The molecule has 1 aromatic heterocycles. The molecule has 0 aliphatic rings. The van der Waals surface area contributed by atoms with Crippen LogP contribution in [0.5, 0.6) is 5.88 Å². The predicted octanol–water partition coefficient (Wildman–Crippen LogP) is 0.963. The Morgan fingerprint density at radius 1 is 1.64 bits per heavy atom. The van der Waals surface area contributed by atoms with Crippen LogP contribution in [0.1, 0.15) is 10.4 Å². The van der Waals surface area contributed by atoms with Gasteiger partial charge in [0.05, 0.1) is 5.69 Å². The molecule has 0 aliphatic carbocycles. The van der Waals surface area contributed by atoms with Crippen LogP contribution >= 0.6 is 0 Å². The average molecular weight is 204 g/mol. The second-order valence-electron chi connectivity index (χ2n) is 2.29. The van der Waals surface area contributed by atoms with Crippen molar-refractivity contribution < 1.29 is 23.4 Å². The van der Waals surface area contributed by atoms with E-state index >= 15 is 0 Å². The summed E-state index contributed by atoms with van der Waals surface area (Å²) in [5.41, 5.74) is 4.82. The van der Waals surface area contributed by atoms with E-state index in [2.05, 4.69) is 9.72 Å². The smallest absolute Gasteiger partial charge is 0.388 e. The van der Waals surface area contributed by atoms with Crippen molar-refractivity contribution in [2.45, 2.75) is 6.61 Å². The molecular weight excluding hydrogens is 198 g/mol. The molecule has 1 rings (SSSR count). The van der Waals surface area contributed by atoms with Crippen LogP contribution in [0.4, 0.5) is 14.5 Å². The van der Waals surface area contributed by atoms with Crippen molar-refractivity contribution >= 4 is 11.7 Å². The number of nitrogens with zero attached hydrogens (tertiary/aromatic N) is 1. The quantitative estimate of drug-likeness (QED) is 0.765. The van der Waals surface area contributed by atoms with E-state index < -0.39 is 18.5 Å². The number of halogens is 2. The van der Waals surface area contributed by atoms with Crippen LogP contribution in [-0.2, 0) is 0 Å². The van der Waals surface area contributed by atoms with Crippen LogP contribution < -0.4 is 10.5 Å². The Morgan fingerprint density at radius 3 is 2.71 bits per heavy atom. The number of nitrogen functional groups attached to an aromatic ring is 1. The summed E-state index contributed by atoms with van der Waals surface area (Å²) < 4.78 is 27.3.